The van der Waals surface area contributed by atoms with Gasteiger partial charge in [-0.3, -0.25) is 18.6 Å². The molecule has 2 rings (SSSR count). The Kier molecular flexibility index (Phi) is 29.6. The van der Waals surface area contributed by atoms with E-state index in [2.05, 4.69) is 13.8 Å². The summed E-state index contributed by atoms with van der Waals surface area (Å²) in [5.41, 5.74) is 0. The van der Waals surface area contributed by atoms with Crippen molar-refractivity contribution in [2.45, 2.75) is 241 Å². The van der Waals surface area contributed by atoms with Crippen molar-refractivity contribution >= 4 is 19.8 Å². The van der Waals surface area contributed by atoms with E-state index in [9.17, 15) is 59.9 Å². The molecule has 2 aliphatic rings. The maximum absolute atomic E-state index is 13.3. The Bertz CT molecular complexity index is 1230. The molecule has 0 aromatic heterocycles. The summed E-state index contributed by atoms with van der Waals surface area (Å²) in [6.45, 7) is 2.19. The largest absolute Gasteiger partial charge is 0.472 e. The molecular formula is C43H81O18P. The Morgan fingerprint density at radius 1 is 0.548 bits per heavy atom. The van der Waals surface area contributed by atoms with Gasteiger partial charge in [0.2, 0.25) is 0 Å². The third kappa shape index (κ3) is 21.8. The minimum absolute atomic E-state index is 0.0385. The minimum Gasteiger partial charge on any atom is -0.462 e. The van der Waals surface area contributed by atoms with Crippen molar-refractivity contribution < 1.29 is 87.9 Å². The molecule has 7 unspecified atom stereocenters. The van der Waals surface area contributed by atoms with Crippen LogP contribution in [0, 0.1) is 0 Å². The van der Waals surface area contributed by atoms with E-state index in [0.29, 0.717) is 12.8 Å². The number of phosphoric ester groups is 1. The van der Waals surface area contributed by atoms with E-state index in [1.54, 1.807) is 0 Å². The molecule has 19 heteroatoms. The highest BCUT2D eigenvalue weighted by molar-refractivity contribution is 7.47. The quantitative estimate of drug-likeness (QED) is 0.0247. The van der Waals surface area contributed by atoms with E-state index in [-0.39, 0.29) is 12.8 Å². The third-order valence-corrected chi connectivity index (χ3v) is 12.5. The molecule has 62 heavy (non-hydrogen) atoms. The third-order valence-electron chi connectivity index (χ3n) is 11.6. The molecule has 0 spiro atoms. The fourth-order valence-corrected chi connectivity index (χ4v) is 8.61. The van der Waals surface area contributed by atoms with Crippen molar-refractivity contribution in [1.82, 2.24) is 0 Å². The number of phosphoric acid groups is 1. The molecule has 0 aromatic carbocycles. The Balaban J connectivity index is 2.00. The second kappa shape index (κ2) is 32.3. The second-order valence-electron chi connectivity index (χ2n) is 17.0. The number of hydrogen-bond donors (Lipinski definition) is 9. The molecule has 9 N–H and O–H groups in total. The zero-order valence-corrected chi connectivity index (χ0v) is 38.1. The number of carbonyl (C=O) groups is 2. The Hall–Kier alpha value is -1.35. The zero-order valence-electron chi connectivity index (χ0n) is 37.2. The van der Waals surface area contributed by atoms with Gasteiger partial charge in [0.05, 0.1) is 13.2 Å². The summed E-state index contributed by atoms with van der Waals surface area (Å²) in [7, 11) is -5.36. The van der Waals surface area contributed by atoms with Crippen LogP contribution in [0.3, 0.4) is 0 Å². The summed E-state index contributed by atoms with van der Waals surface area (Å²) in [6.07, 6.45) is 0.739. The molecule has 0 bridgehead atoms. The molecule has 13 atom stereocenters. The minimum atomic E-state index is -5.36. The highest BCUT2D eigenvalue weighted by Crippen LogP contribution is 2.48. The van der Waals surface area contributed by atoms with Crippen molar-refractivity contribution in [3.05, 3.63) is 0 Å². The number of carbonyl (C=O) groups excluding carboxylic acids is 2. The van der Waals surface area contributed by atoms with Gasteiger partial charge in [0.15, 0.2) is 12.4 Å². The van der Waals surface area contributed by atoms with Crippen molar-refractivity contribution in [3.8, 4) is 0 Å². The van der Waals surface area contributed by atoms with Gasteiger partial charge in [-0.1, -0.05) is 142 Å². The van der Waals surface area contributed by atoms with Crippen LogP contribution >= 0.6 is 7.82 Å². The molecule has 1 saturated heterocycles. The lowest BCUT2D eigenvalue weighted by Gasteiger charge is -2.47. The average molecular weight is 917 g/mol. The normalized spacial score (nSPS) is 29.2. The van der Waals surface area contributed by atoms with Gasteiger partial charge in [-0.2, -0.15) is 0 Å². The van der Waals surface area contributed by atoms with Crippen molar-refractivity contribution in [3.63, 3.8) is 0 Å². The first-order chi connectivity index (χ1) is 29.7. The van der Waals surface area contributed by atoms with E-state index in [1.165, 1.54) is 77.0 Å². The number of ether oxygens (including phenoxy) is 4. The first kappa shape index (κ1) is 56.8. The maximum atomic E-state index is 13.3. The Morgan fingerprint density at radius 2 is 0.968 bits per heavy atom. The van der Waals surface area contributed by atoms with Crippen LogP contribution < -0.4 is 0 Å². The van der Waals surface area contributed by atoms with E-state index < -0.39 is 113 Å². The van der Waals surface area contributed by atoms with Crippen LogP contribution in [0.5, 0.6) is 0 Å². The molecular weight excluding hydrogens is 835 g/mol. The average Bonchev–Trinajstić information content (AvgIpc) is 3.25. The van der Waals surface area contributed by atoms with Crippen LogP contribution in [0.15, 0.2) is 0 Å². The summed E-state index contributed by atoms with van der Waals surface area (Å²) in [5, 5.41) is 82.7. The number of esters is 2. The predicted octanol–water partition coefficient (Wildman–Crippen LogP) is 3.99. The first-order valence-corrected chi connectivity index (χ1v) is 24.9. The molecule has 0 radical (unpaired) electrons. The fraction of sp³-hybridized carbons (Fsp3) is 0.953. The van der Waals surface area contributed by atoms with Crippen LogP contribution in [0.25, 0.3) is 0 Å². The Labute approximate surface area is 368 Å². The highest BCUT2D eigenvalue weighted by atomic mass is 31.2. The van der Waals surface area contributed by atoms with Crippen LogP contribution in [0.1, 0.15) is 168 Å². The summed E-state index contributed by atoms with van der Waals surface area (Å²) >= 11 is 0. The van der Waals surface area contributed by atoms with Gasteiger partial charge in [0.1, 0.15) is 67.6 Å². The lowest BCUT2D eigenvalue weighted by molar-refractivity contribution is -0.338. The van der Waals surface area contributed by atoms with Gasteiger partial charge in [0.25, 0.3) is 0 Å². The number of hydrogen-bond acceptors (Lipinski definition) is 17. The molecule has 1 heterocycles. The number of aliphatic hydroxyl groups excluding tert-OH is 8. The molecule has 366 valence electrons. The summed E-state index contributed by atoms with van der Waals surface area (Å²) in [5.74, 6) is -1.21. The number of aliphatic hydroxyl groups is 8. The van der Waals surface area contributed by atoms with E-state index in [4.69, 9.17) is 28.0 Å². The van der Waals surface area contributed by atoms with Crippen LogP contribution in [0.2, 0.25) is 0 Å². The van der Waals surface area contributed by atoms with Gasteiger partial charge in [-0.25, -0.2) is 4.57 Å². The van der Waals surface area contributed by atoms with Crippen LogP contribution in [-0.2, 0) is 42.1 Å². The number of unbranched alkanes of at least 4 members (excludes halogenated alkanes) is 20. The molecule has 1 saturated carbocycles. The summed E-state index contributed by atoms with van der Waals surface area (Å²) in [4.78, 5) is 36.3. The summed E-state index contributed by atoms with van der Waals surface area (Å²) in [6, 6.07) is 0. The summed E-state index contributed by atoms with van der Waals surface area (Å²) < 4.78 is 45.3. The monoisotopic (exact) mass is 917 g/mol. The molecule has 0 amide bonds. The SMILES string of the molecule is CCCCCCCCCCCCCC(=O)OC[C@H](COP(=O)(O)OC1[C@H](O[C@H]2OC(CO)[C@@H](O)C(O)C2O)C(O)C(O)[C@H](O)[C@@H]1O)OC(=O)CCCCCCCCCCCCC. The van der Waals surface area contributed by atoms with Crippen molar-refractivity contribution in [1.29, 1.82) is 0 Å². The molecule has 18 nitrogen and oxygen atoms in total. The second-order valence-corrected chi connectivity index (χ2v) is 18.4. The van der Waals surface area contributed by atoms with Gasteiger partial charge in [-0.05, 0) is 12.8 Å². The topological polar surface area (TPSA) is 289 Å². The predicted molar refractivity (Wildman–Crippen MR) is 226 cm³/mol. The Morgan fingerprint density at radius 3 is 1.44 bits per heavy atom. The molecule has 2 fully saturated rings. The first-order valence-electron chi connectivity index (χ1n) is 23.4. The van der Waals surface area contributed by atoms with E-state index in [1.807, 2.05) is 0 Å². The van der Waals surface area contributed by atoms with Crippen molar-refractivity contribution in [2.24, 2.45) is 0 Å². The lowest BCUT2D eigenvalue weighted by atomic mass is 9.84. The van der Waals surface area contributed by atoms with Gasteiger partial charge in [0, 0.05) is 12.8 Å². The van der Waals surface area contributed by atoms with Gasteiger partial charge >= 0.3 is 19.8 Å². The smallest absolute Gasteiger partial charge is 0.462 e. The van der Waals surface area contributed by atoms with Gasteiger partial charge < -0.3 is 64.7 Å². The fourth-order valence-electron chi connectivity index (χ4n) is 7.64. The zero-order chi connectivity index (χ0) is 45.9. The van der Waals surface area contributed by atoms with Crippen LogP contribution in [0.4, 0.5) is 0 Å². The van der Waals surface area contributed by atoms with Crippen LogP contribution in [-0.4, -0.2) is 151 Å². The molecule has 0 aromatic rings. The van der Waals surface area contributed by atoms with E-state index in [0.717, 1.165) is 51.4 Å². The molecule has 1 aliphatic carbocycles. The standard InChI is InChI=1S/C43H81O18P/c1-3-5-7-9-11-13-15-17-19-21-23-25-32(45)56-28-30(58-33(46)26-24-22-20-18-16-14-12-10-8-6-4-2)29-57-62(54,55)61-42-39(52)37(50)36(49)38(51)41(42)60-43-40(53)35(48)34(47)31(27-44)59-43/h30-31,34-44,47-53H,3-29H2,1-2H3,(H,54,55)/t30-,31?,34-,35?,36?,37+,38?,39+,40?,41-,42?,43-/m1/s1. The van der Waals surface area contributed by atoms with E-state index >= 15 is 0 Å². The van der Waals surface area contributed by atoms with Gasteiger partial charge in [-0.15, -0.1) is 0 Å². The molecule has 1 aliphatic heterocycles. The highest BCUT2D eigenvalue weighted by Gasteiger charge is 2.55. The lowest BCUT2D eigenvalue weighted by Crippen LogP contribution is -2.67. The maximum Gasteiger partial charge on any atom is 0.472 e. The number of rotatable bonds is 35. The van der Waals surface area contributed by atoms with Crippen molar-refractivity contribution in [2.75, 3.05) is 19.8 Å².